The van der Waals surface area contributed by atoms with Gasteiger partial charge in [0.1, 0.15) is 6.04 Å². The molecule has 1 aromatic rings. The highest BCUT2D eigenvalue weighted by Gasteiger charge is 2.32. The minimum absolute atomic E-state index is 0.00257. The van der Waals surface area contributed by atoms with E-state index in [1.54, 1.807) is 0 Å². The molecule has 0 saturated heterocycles. The van der Waals surface area contributed by atoms with Crippen LogP contribution in [0.2, 0.25) is 0 Å². The van der Waals surface area contributed by atoms with E-state index in [0.717, 1.165) is 6.07 Å². The third kappa shape index (κ3) is 5.35. The lowest BCUT2D eigenvalue weighted by molar-refractivity contribution is -0.274. The van der Waals surface area contributed by atoms with Gasteiger partial charge in [0.05, 0.1) is 5.69 Å². The molecule has 0 aliphatic rings. The molecular formula is C10H10BrF3N2O3. The Balaban J connectivity index is 2.85. The second kappa shape index (κ2) is 6.11. The van der Waals surface area contributed by atoms with Gasteiger partial charge < -0.3 is 20.9 Å². The van der Waals surface area contributed by atoms with Crippen LogP contribution in [-0.4, -0.2) is 30.0 Å². The van der Waals surface area contributed by atoms with Crippen molar-refractivity contribution < 1.29 is 27.8 Å². The first kappa shape index (κ1) is 15.6. The van der Waals surface area contributed by atoms with Crippen molar-refractivity contribution >= 4 is 27.6 Å². The summed E-state index contributed by atoms with van der Waals surface area (Å²) in [6.07, 6.45) is -4.84. The Morgan fingerprint density at radius 2 is 2.16 bits per heavy atom. The predicted octanol–water partition coefficient (Wildman–Crippen LogP) is 2.17. The third-order valence-corrected chi connectivity index (χ3v) is 2.49. The van der Waals surface area contributed by atoms with E-state index < -0.39 is 24.1 Å². The summed E-state index contributed by atoms with van der Waals surface area (Å²) in [5.74, 6) is -1.73. The quantitative estimate of drug-likeness (QED) is 0.763. The van der Waals surface area contributed by atoms with Gasteiger partial charge in [-0.05, 0) is 18.2 Å². The van der Waals surface area contributed by atoms with Gasteiger partial charge in [-0.3, -0.25) is 4.79 Å². The standard InChI is InChI=1S/C10H10BrF3N2O3/c11-5-1-2-7(16-4-6(15)9(17)18)8(3-5)19-10(12,13)14/h1-3,6,16H,4,15H2,(H,17,18). The lowest BCUT2D eigenvalue weighted by atomic mass is 10.2. The first-order valence-electron chi connectivity index (χ1n) is 4.96. The number of halogens is 4. The van der Waals surface area contributed by atoms with Gasteiger partial charge in [0.2, 0.25) is 0 Å². The molecule has 1 rings (SSSR count). The fraction of sp³-hybridized carbons (Fsp3) is 0.300. The molecular weight excluding hydrogens is 333 g/mol. The summed E-state index contributed by atoms with van der Waals surface area (Å²) in [4.78, 5) is 10.5. The van der Waals surface area contributed by atoms with Gasteiger partial charge in [0.25, 0.3) is 0 Å². The molecule has 0 bridgehead atoms. The Bertz CT molecular complexity index is 468. The summed E-state index contributed by atoms with van der Waals surface area (Å²) in [6.45, 7) is -0.231. The van der Waals surface area contributed by atoms with Crippen LogP contribution in [-0.2, 0) is 4.79 Å². The minimum Gasteiger partial charge on any atom is -0.480 e. The molecule has 0 radical (unpaired) electrons. The molecule has 9 heteroatoms. The molecule has 0 aliphatic carbocycles. The number of rotatable bonds is 5. The normalized spacial score (nSPS) is 12.9. The maximum Gasteiger partial charge on any atom is 0.573 e. The fourth-order valence-electron chi connectivity index (χ4n) is 1.16. The topological polar surface area (TPSA) is 84.6 Å². The summed E-state index contributed by atoms with van der Waals surface area (Å²) in [5, 5.41) is 11.1. The molecule has 1 aromatic carbocycles. The molecule has 106 valence electrons. The summed E-state index contributed by atoms with van der Waals surface area (Å²) in [5.41, 5.74) is 5.23. The van der Waals surface area contributed by atoms with Gasteiger partial charge in [0, 0.05) is 11.0 Å². The molecule has 0 amide bonds. The van der Waals surface area contributed by atoms with Crippen molar-refractivity contribution in [3.8, 4) is 5.75 Å². The first-order valence-corrected chi connectivity index (χ1v) is 5.76. The second-order valence-electron chi connectivity index (χ2n) is 3.51. The summed E-state index contributed by atoms with van der Waals surface area (Å²) in [6, 6.07) is 2.68. The highest BCUT2D eigenvalue weighted by Crippen LogP contribution is 2.32. The van der Waals surface area contributed by atoms with E-state index >= 15 is 0 Å². The van der Waals surface area contributed by atoms with Gasteiger partial charge in [-0.15, -0.1) is 13.2 Å². The van der Waals surface area contributed by atoms with Crippen LogP contribution in [0.25, 0.3) is 0 Å². The van der Waals surface area contributed by atoms with Crippen LogP contribution in [0.4, 0.5) is 18.9 Å². The van der Waals surface area contributed by atoms with Crippen molar-refractivity contribution in [3.05, 3.63) is 22.7 Å². The van der Waals surface area contributed by atoms with Gasteiger partial charge in [0.15, 0.2) is 5.75 Å². The van der Waals surface area contributed by atoms with Crippen LogP contribution in [0, 0.1) is 0 Å². The summed E-state index contributed by atoms with van der Waals surface area (Å²) in [7, 11) is 0. The average molecular weight is 343 g/mol. The zero-order valence-electron chi connectivity index (χ0n) is 9.37. The van der Waals surface area contributed by atoms with E-state index in [1.807, 2.05) is 0 Å². The number of benzene rings is 1. The van der Waals surface area contributed by atoms with E-state index in [-0.39, 0.29) is 12.2 Å². The van der Waals surface area contributed by atoms with E-state index in [1.165, 1.54) is 12.1 Å². The van der Waals surface area contributed by atoms with Crippen molar-refractivity contribution in [2.24, 2.45) is 5.73 Å². The van der Waals surface area contributed by atoms with E-state index in [9.17, 15) is 18.0 Å². The largest absolute Gasteiger partial charge is 0.573 e. The Hall–Kier alpha value is -1.48. The number of hydrogen-bond acceptors (Lipinski definition) is 4. The highest BCUT2D eigenvalue weighted by molar-refractivity contribution is 9.10. The zero-order valence-corrected chi connectivity index (χ0v) is 11.0. The first-order chi connectivity index (χ1) is 8.69. The number of hydrogen-bond donors (Lipinski definition) is 3. The lowest BCUT2D eigenvalue weighted by Crippen LogP contribution is -2.37. The number of nitrogens with two attached hydrogens (primary N) is 1. The molecule has 0 saturated carbocycles. The average Bonchev–Trinajstić information content (AvgIpc) is 2.25. The number of ether oxygens (including phenoxy) is 1. The van der Waals surface area contributed by atoms with Gasteiger partial charge in [-0.2, -0.15) is 0 Å². The highest BCUT2D eigenvalue weighted by atomic mass is 79.9. The van der Waals surface area contributed by atoms with Crippen LogP contribution in [0.1, 0.15) is 0 Å². The monoisotopic (exact) mass is 342 g/mol. The minimum atomic E-state index is -4.84. The van der Waals surface area contributed by atoms with Gasteiger partial charge >= 0.3 is 12.3 Å². The lowest BCUT2D eigenvalue weighted by Gasteiger charge is -2.16. The SMILES string of the molecule is NC(CNc1ccc(Br)cc1OC(F)(F)F)C(=O)O. The van der Waals surface area contributed by atoms with Crippen molar-refractivity contribution in [2.75, 3.05) is 11.9 Å². The van der Waals surface area contributed by atoms with Gasteiger partial charge in [-0.1, -0.05) is 15.9 Å². The second-order valence-corrected chi connectivity index (χ2v) is 4.43. The number of alkyl halides is 3. The zero-order chi connectivity index (χ0) is 14.6. The van der Waals surface area contributed by atoms with E-state index in [0.29, 0.717) is 4.47 Å². The fourth-order valence-corrected chi connectivity index (χ4v) is 1.50. The van der Waals surface area contributed by atoms with Crippen molar-refractivity contribution in [2.45, 2.75) is 12.4 Å². The summed E-state index contributed by atoms with van der Waals surface area (Å²) < 4.78 is 40.8. The maximum absolute atomic E-state index is 12.2. The molecule has 1 atom stereocenters. The number of anilines is 1. The van der Waals surface area contributed by atoms with Crippen LogP contribution >= 0.6 is 15.9 Å². The number of aliphatic carboxylic acids is 1. The molecule has 0 spiro atoms. The number of carboxylic acids is 1. The number of carboxylic acid groups (broad SMARTS) is 1. The summed E-state index contributed by atoms with van der Waals surface area (Å²) >= 11 is 3.01. The van der Waals surface area contributed by atoms with Crippen molar-refractivity contribution in [3.63, 3.8) is 0 Å². The molecule has 1 unspecified atom stereocenters. The Kier molecular flexibility index (Phi) is 5.01. The molecule has 0 fully saturated rings. The smallest absolute Gasteiger partial charge is 0.480 e. The van der Waals surface area contributed by atoms with Crippen molar-refractivity contribution in [1.29, 1.82) is 0 Å². The van der Waals surface area contributed by atoms with Crippen LogP contribution in [0.5, 0.6) is 5.75 Å². The van der Waals surface area contributed by atoms with Gasteiger partial charge in [-0.25, -0.2) is 0 Å². The van der Waals surface area contributed by atoms with Crippen LogP contribution in [0.15, 0.2) is 22.7 Å². The van der Waals surface area contributed by atoms with E-state index in [4.69, 9.17) is 10.8 Å². The number of nitrogens with one attached hydrogen (secondary N) is 1. The third-order valence-electron chi connectivity index (χ3n) is 2.00. The van der Waals surface area contributed by atoms with Crippen LogP contribution < -0.4 is 15.8 Å². The number of carbonyl (C=O) groups is 1. The molecule has 5 nitrogen and oxygen atoms in total. The molecule has 0 aliphatic heterocycles. The Morgan fingerprint density at radius 1 is 1.53 bits per heavy atom. The van der Waals surface area contributed by atoms with E-state index in [2.05, 4.69) is 26.0 Å². The molecule has 0 aromatic heterocycles. The Morgan fingerprint density at radius 3 is 2.68 bits per heavy atom. The molecule has 4 N–H and O–H groups in total. The van der Waals surface area contributed by atoms with Crippen molar-refractivity contribution in [1.82, 2.24) is 0 Å². The molecule has 19 heavy (non-hydrogen) atoms. The Labute approximate surface area is 114 Å². The van der Waals surface area contributed by atoms with Crippen LogP contribution in [0.3, 0.4) is 0 Å². The maximum atomic E-state index is 12.2. The predicted molar refractivity (Wildman–Crippen MR) is 64.9 cm³/mol. The molecule has 0 heterocycles.